The van der Waals surface area contributed by atoms with Crippen molar-refractivity contribution in [3.8, 4) is 12.0 Å². The van der Waals surface area contributed by atoms with Gasteiger partial charge in [0.05, 0.1) is 4.92 Å². The number of carbonyl (C=O) groups is 1. The van der Waals surface area contributed by atoms with E-state index in [0.29, 0.717) is 0 Å². The second-order valence-electron chi connectivity index (χ2n) is 5.29. The Morgan fingerprint density at radius 3 is 2.69 bits per heavy atom. The number of rotatable bonds is 4. The van der Waals surface area contributed by atoms with Crippen molar-refractivity contribution in [2.24, 2.45) is 0 Å². The molecule has 130 valence electrons. The minimum atomic E-state index is -0.647. The number of hydrogen-bond donors (Lipinski definition) is 1. The normalized spacial score (nSPS) is 10.3. The van der Waals surface area contributed by atoms with E-state index in [1.165, 1.54) is 12.1 Å². The summed E-state index contributed by atoms with van der Waals surface area (Å²) in [5.41, 5.74) is -0.0199. The van der Waals surface area contributed by atoms with Gasteiger partial charge in [0.2, 0.25) is 5.88 Å². The van der Waals surface area contributed by atoms with Crippen LogP contribution in [0.3, 0.4) is 0 Å². The monoisotopic (exact) mass is 370 g/mol. The second kappa shape index (κ2) is 6.74. The standard InChI is InChI=1S/C17H11ClN4O4/c1-10-15(12(9-19)17(26-10)21-6-2-3-7-21)16(23)20-11-4-5-13(18)14(8-11)22(24)25/h2-8H,1H3,(H,20,23). The molecule has 1 aromatic carbocycles. The number of anilines is 1. The number of nitrogens with one attached hydrogen (secondary N) is 1. The van der Waals surface area contributed by atoms with Crippen LogP contribution in [0.25, 0.3) is 5.88 Å². The second-order valence-corrected chi connectivity index (χ2v) is 5.70. The van der Waals surface area contributed by atoms with Crippen molar-refractivity contribution in [3.05, 3.63) is 74.7 Å². The number of amides is 1. The number of nitro benzene ring substituents is 1. The van der Waals surface area contributed by atoms with Gasteiger partial charge in [-0.3, -0.25) is 19.5 Å². The molecule has 0 aliphatic carbocycles. The molecular weight excluding hydrogens is 360 g/mol. The number of hydrogen-bond acceptors (Lipinski definition) is 5. The number of nitro groups is 1. The van der Waals surface area contributed by atoms with Gasteiger partial charge in [-0.05, 0) is 31.2 Å². The average molecular weight is 371 g/mol. The van der Waals surface area contributed by atoms with Gasteiger partial charge in [-0.1, -0.05) is 11.6 Å². The maximum Gasteiger partial charge on any atom is 0.289 e. The Hall–Kier alpha value is -3.57. The van der Waals surface area contributed by atoms with Crippen LogP contribution in [0.5, 0.6) is 0 Å². The quantitative estimate of drug-likeness (QED) is 0.549. The van der Waals surface area contributed by atoms with Crippen LogP contribution in [0.2, 0.25) is 5.02 Å². The third-order valence-electron chi connectivity index (χ3n) is 3.64. The van der Waals surface area contributed by atoms with Gasteiger partial charge in [0, 0.05) is 24.1 Å². The zero-order valence-corrected chi connectivity index (χ0v) is 14.1. The summed E-state index contributed by atoms with van der Waals surface area (Å²) in [6.07, 6.45) is 3.37. The van der Waals surface area contributed by atoms with Crippen LogP contribution < -0.4 is 5.32 Å². The van der Waals surface area contributed by atoms with Crippen molar-refractivity contribution in [3.63, 3.8) is 0 Å². The van der Waals surface area contributed by atoms with E-state index in [9.17, 15) is 20.2 Å². The van der Waals surface area contributed by atoms with Gasteiger partial charge >= 0.3 is 0 Å². The molecule has 0 saturated heterocycles. The molecule has 26 heavy (non-hydrogen) atoms. The molecule has 9 heteroatoms. The highest BCUT2D eigenvalue weighted by molar-refractivity contribution is 6.32. The van der Waals surface area contributed by atoms with Gasteiger partial charge in [-0.25, -0.2) is 0 Å². The SMILES string of the molecule is Cc1oc(-n2cccc2)c(C#N)c1C(=O)Nc1ccc(Cl)c([N+](=O)[O-])c1. The predicted octanol–water partition coefficient (Wildman–Crippen LogP) is 4.06. The van der Waals surface area contributed by atoms with Crippen molar-refractivity contribution >= 4 is 28.9 Å². The topological polar surface area (TPSA) is 114 Å². The lowest BCUT2D eigenvalue weighted by atomic mass is 10.1. The number of aryl methyl sites for hydroxylation is 1. The van der Waals surface area contributed by atoms with Gasteiger partial charge in [0.1, 0.15) is 28.0 Å². The maximum atomic E-state index is 12.6. The molecule has 3 rings (SSSR count). The van der Waals surface area contributed by atoms with Crippen molar-refractivity contribution in [2.75, 3.05) is 5.32 Å². The van der Waals surface area contributed by atoms with E-state index < -0.39 is 10.8 Å². The lowest BCUT2D eigenvalue weighted by Gasteiger charge is -2.05. The molecule has 2 aromatic heterocycles. The Morgan fingerprint density at radius 2 is 2.08 bits per heavy atom. The largest absolute Gasteiger partial charge is 0.443 e. The number of nitriles is 1. The predicted molar refractivity (Wildman–Crippen MR) is 93.5 cm³/mol. The molecule has 2 heterocycles. The fourth-order valence-electron chi connectivity index (χ4n) is 2.48. The van der Waals surface area contributed by atoms with Gasteiger partial charge in [-0.15, -0.1) is 0 Å². The third-order valence-corrected chi connectivity index (χ3v) is 3.96. The molecule has 0 unspecified atom stereocenters. The smallest absolute Gasteiger partial charge is 0.289 e. The minimum absolute atomic E-state index is 0.0416. The van der Waals surface area contributed by atoms with E-state index in [-0.39, 0.29) is 39.2 Å². The number of nitrogens with zero attached hydrogens (tertiary/aromatic N) is 3. The van der Waals surface area contributed by atoms with Crippen LogP contribution in [0.4, 0.5) is 11.4 Å². The van der Waals surface area contributed by atoms with E-state index in [4.69, 9.17) is 16.0 Å². The molecule has 0 aliphatic heterocycles. The summed E-state index contributed by atoms with van der Waals surface area (Å²) < 4.78 is 7.15. The summed E-state index contributed by atoms with van der Waals surface area (Å²) in [4.78, 5) is 22.9. The van der Waals surface area contributed by atoms with E-state index in [2.05, 4.69) is 5.32 Å². The molecule has 0 fully saturated rings. The fraction of sp³-hybridized carbons (Fsp3) is 0.0588. The van der Waals surface area contributed by atoms with Crippen LogP contribution in [0.1, 0.15) is 21.7 Å². The molecule has 0 saturated carbocycles. The Balaban J connectivity index is 1.98. The zero-order chi connectivity index (χ0) is 18.8. The molecule has 0 bridgehead atoms. The molecule has 8 nitrogen and oxygen atoms in total. The number of carbonyl (C=O) groups excluding carboxylic acids is 1. The van der Waals surface area contributed by atoms with E-state index >= 15 is 0 Å². The van der Waals surface area contributed by atoms with E-state index in [1.807, 2.05) is 6.07 Å². The summed E-state index contributed by atoms with van der Waals surface area (Å²) >= 11 is 5.76. The summed E-state index contributed by atoms with van der Waals surface area (Å²) in [7, 11) is 0. The van der Waals surface area contributed by atoms with Crippen LogP contribution in [-0.4, -0.2) is 15.4 Å². The lowest BCUT2D eigenvalue weighted by Crippen LogP contribution is -2.14. The first-order valence-electron chi connectivity index (χ1n) is 7.34. The van der Waals surface area contributed by atoms with E-state index in [0.717, 1.165) is 6.07 Å². The minimum Gasteiger partial charge on any atom is -0.443 e. The summed E-state index contributed by atoms with van der Waals surface area (Å²) in [5, 5.41) is 22.9. The molecule has 0 aliphatic rings. The average Bonchev–Trinajstić information content (AvgIpc) is 3.23. The van der Waals surface area contributed by atoms with Crippen molar-refractivity contribution in [2.45, 2.75) is 6.92 Å². The number of benzene rings is 1. The Labute approximate surface area is 152 Å². The third kappa shape index (κ3) is 3.03. The highest BCUT2D eigenvalue weighted by Gasteiger charge is 2.25. The van der Waals surface area contributed by atoms with Crippen LogP contribution in [0.15, 0.2) is 47.1 Å². The van der Waals surface area contributed by atoms with Crippen LogP contribution in [0, 0.1) is 28.4 Å². The molecule has 1 N–H and O–H groups in total. The maximum absolute atomic E-state index is 12.6. The van der Waals surface area contributed by atoms with Crippen molar-refractivity contribution in [1.82, 2.24) is 4.57 Å². The first kappa shape index (κ1) is 17.3. The van der Waals surface area contributed by atoms with Gasteiger partial charge in [0.15, 0.2) is 0 Å². The molecule has 0 radical (unpaired) electrons. The van der Waals surface area contributed by atoms with Crippen LogP contribution in [-0.2, 0) is 0 Å². The molecule has 0 atom stereocenters. The van der Waals surface area contributed by atoms with Crippen LogP contribution >= 0.6 is 11.6 Å². The van der Waals surface area contributed by atoms with E-state index in [1.54, 1.807) is 36.0 Å². The van der Waals surface area contributed by atoms with Gasteiger partial charge < -0.3 is 9.73 Å². The van der Waals surface area contributed by atoms with Crippen molar-refractivity contribution < 1.29 is 14.1 Å². The Kier molecular flexibility index (Phi) is 4.47. The first-order chi connectivity index (χ1) is 12.4. The molecule has 1 amide bonds. The number of aromatic nitrogens is 1. The summed E-state index contributed by atoms with van der Waals surface area (Å²) in [6.45, 7) is 1.56. The van der Waals surface area contributed by atoms with Crippen molar-refractivity contribution in [1.29, 1.82) is 5.26 Å². The summed E-state index contributed by atoms with van der Waals surface area (Å²) in [5.74, 6) is -0.133. The number of furan rings is 1. The molecule has 0 spiro atoms. The molecular formula is C17H11ClN4O4. The Bertz CT molecular complexity index is 1050. The highest BCUT2D eigenvalue weighted by Crippen LogP contribution is 2.29. The zero-order valence-electron chi connectivity index (χ0n) is 13.4. The lowest BCUT2D eigenvalue weighted by molar-refractivity contribution is -0.384. The molecule has 3 aromatic rings. The first-order valence-corrected chi connectivity index (χ1v) is 7.72. The van der Waals surface area contributed by atoms with Gasteiger partial charge in [-0.2, -0.15) is 5.26 Å². The fourth-order valence-corrected chi connectivity index (χ4v) is 2.67. The summed E-state index contributed by atoms with van der Waals surface area (Å²) in [6, 6.07) is 9.38. The van der Waals surface area contributed by atoms with Gasteiger partial charge in [0.25, 0.3) is 11.6 Å². The highest BCUT2D eigenvalue weighted by atomic mass is 35.5. The number of halogens is 1. The Morgan fingerprint density at radius 1 is 1.38 bits per heavy atom.